The second-order valence-corrected chi connectivity index (χ2v) is 3.52. The van der Waals surface area contributed by atoms with Crippen molar-refractivity contribution in [1.29, 1.82) is 0 Å². The molecule has 2 atom stereocenters. The first-order chi connectivity index (χ1) is 8.38. The maximum atomic E-state index is 8.90. The molecule has 0 aromatic rings. The fourth-order valence-corrected chi connectivity index (χ4v) is 0.958. The van der Waals surface area contributed by atoms with Gasteiger partial charge in [-0.1, -0.05) is 13.3 Å². The largest absolute Gasteiger partial charge is 0.401 e. The van der Waals surface area contributed by atoms with Crippen LogP contribution in [-0.2, 0) is 4.74 Å². The molecule has 0 radical (unpaired) electrons. The number of ether oxygens (including phenoxy) is 1. The number of hydrogen-bond donors (Lipinski definition) is 6. The summed E-state index contributed by atoms with van der Waals surface area (Å²) >= 11 is 0. The fourth-order valence-electron chi connectivity index (χ4n) is 0.958. The Balaban J connectivity index is 0. The number of aliphatic hydroxyl groups excluding tert-OH is 3. The number of rotatable bonds is 7. The fraction of sp³-hybridized carbons (Fsp3) is 0.818. The summed E-state index contributed by atoms with van der Waals surface area (Å²) in [7, 11) is 0. The van der Waals surface area contributed by atoms with Gasteiger partial charge in [-0.25, -0.2) is 0 Å². The van der Waals surface area contributed by atoms with Crippen LogP contribution in [0.25, 0.3) is 0 Å². The van der Waals surface area contributed by atoms with Gasteiger partial charge < -0.3 is 36.2 Å². The van der Waals surface area contributed by atoms with Crippen LogP contribution in [0.3, 0.4) is 0 Å². The summed E-state index contributed by atoms with van der Waals surface area (Å²) in [5, 5.41) is 36.8. The molecule has 0 bridgehead atoms. The third kappa shape index (κ3) is 13.2. The van der Waals surface area contributed by atoms with Crippen LogP contribution in [0, 0.1) is 0 Å². The lowest BCUT2D eigenvalue weighted by molar-refractivity contribution is -0.211. The first kappa shape index (κ1) is 19.5. The molecule has 0 amide bonds. The normalized spacial score (nSPS) is 14.8. The third-order valence-electron chi connectivity index (χ3n) is 1.59. The zero-order valence-electron chi connectivity index (χ0n) is 11.2. The number of aliphatic hydroxyl groups is 4. The highest BCUT2D eigenvalue weighted by Crippen LogP contribution is 2.00. The predicted octanol–water partition coefficient (Wildman–Crippen LogP) is -0.833. The summed E-state index contributed by atoms with van der Waals surface area (Å²) < 4.78 is 4.78. The van der Waals surface area contributed by atoms with E-state index in [9.17, 15) is 0 Å². The molecule has 0 spiro atoms. The van der Waals surface area contributed by atoms with Crippen LogP contribution >= 0.6 is 0 Å². The smallest absolute Gasteiger partial charge is 0.197 e. The monoisotopic (exact) mass is 266 g/mol. The molecule has 0 aromatic carbocycles. The molecule has 0 fully saturated rings. The molecule has 7 heteroatoms. The molecule has 0 aliphatic heterocycles. The van der Waals surface area contributed by atoms with Gasteiger partial charge in [-0.3, -0.25) is 0 Å². The average molecular weight is 266 g/mol. The molecular formula is C11H26N2O5. The predicted molar refractivity (Wildman–Crippen MR) is 67.9 cm³/mol. The van der Waals surface area contributed by atoms with E-state index in [0.717, 1.165) is 6.42 Å². The molecule has 0 saturated heterocycles. The van der Waals surface area contributed by atoms with E-state index in [1.54, 1.807) is 6.92 Å². The van der Waals surface area contributed by atoms with Gasteiger partial charge in [0.05, 0.1) is 0 Å². The lowest BCUT2D eigenvalue weighted by atomic mass is 10.3. The Bertz CT molecular complexity index is 210. The van der Waals surface area contributed by atoms with Crippen LogP contribution in [0.4, 0.5) is 0 Å². The van der Waals surface area contributed by atoms with E-state index in [1.807, 2.05) is 6.92 Å². The molecule has 0 aliphatic rings. The van der Waals surface area contributed by atoms with Gasteiger partial charge in [-0.15, -0.1) is 0 Å². The molecule has 0 aromatic heterocycles. The van der Waals surface area contributed by atoms with Crippen LogP contribution in [0.15, 0.2) is 11.9 Å². The Hall–Kier alpha value is -0.860. The van der Waals surface area contributed by atoms with Crippen molar-refractivity contribution >= 4 is 0 Å². The lowest BCUT2D eigenvalue weighted by Crippen LogP contribution is -2.41. The number of allylic oxidation sites excluding steroid dienone is 1. The van der Waals surface area contributed by atoms with Crippen LogP contribution in [0.5, 0.6) is 0 Å². The SMILES string of the molecule is CCC/C(N)=C/NC(OC(C)O)C(O)O.CCO. The lowest BCUT2D eigenvalue weighted by Gasteiger charge is -2.21. The van der Waals surface area contributed by atoms with Crippen molar-refractivity contribution in [2.75, 3.05) is 6.61 Å². The van der Waals surface area contributed by atoms with Crippen molar-refractivity contribution in [3.8, 4) is 0 Å². The molecule has 7 N–H and O–H groups in total. The van der Waals surface area contributed by atoms with E-state index in [4.69, 9.17) is 30.9 Å². The average Bonchev–Trinajstić information content (AvgIpc) is 2.25. The first-order valence-electron chi connectivity index (χ1n) is 5.90. The highest BCUT2D eigenvalue weighted by Gasteiger charge is 2.17. The molecule has 0 saturated carbocycles. The van der Waals surface area contributed by atoms with Crippen molar-refractivity contribution in [3.63, 3.8) is 0 Å². The van der Waals surface area contributed by atoms with E-state index in [0.29, 0.717) is 12.1 Å². The molecule has 110 valence electrons. The van der Waals surface area contributed by atoms with E-state index in [1.165, 1.54) is 13.1 Å². The van der Waals surface area contributed by atoms with Crippen LogP contribution in [0.2, 0.25) is 0 Å². The number of hydrogen-bond acceptors (Lipinski definition) is 7. The first-order valence-corrected chi connectivity index (χ1v) is 5.90. The van der Waals surface area contributed by atoms with Gasteiger partial charge >= 0.3 is 0 Å². The summed E-state index contributed by atoms with van der Waals surface area (Å²) in [6.07, 6.45) is -0.879. The molecule has 0 heterocycles. The standard InChI is InChI=1S/C9H20N2O4.C2H6O/c1-3-4-7(10)5-11-8(9(13)14)15-6(2)12;1-2-3/h5-6,8-9,11-14H,3-4,10H2,1-2H3;3H,2H2,1H3/b7-5-;. The summed E-state index contributed by atoms with van der Waals surface area (Å²) in [6.45, 7) is 5.28. The summed E-state index contributed by atoms with van der Waals surface area (Å²) in [4.78, 5) is 0. The van der Waals surface area contributed by atoms with Crippen molar-refractivity contribution < 1.29 is 25.2 Å². The zero-order valence-corrected chi connectivity index (χ0v) is 11.2. The van der Waals surface area contributed by atoms with Crippen LogP contribution in [0.1, 0.15) is 33.6 Å². The zero-order chi connectivity index (χ0) is 14.6. The summed E-state index contributed by atoms with van der Waals surface area (Å²) in [5.74, 6) is 0. The molecule has 18 heavy (non-hydrogen) atoms. The van der Waals surface area contributed by atoms with E-state index in [-0.39, 0.29) is 6.61 Å². The van der Waals surface area contributed by atoms with Gasteiger partial charge in [0.25, 0.3) is 0 Å². The molecule has 0 rings (SSSR count). The van der Waals surface area contributed by atoms with Crippen LogP contribution < -0.4 is 11.1 Å². The number of nitrogens with one attached hydrogen (secondary N) is 1. The Morgan fingerprint density at radius 3 is 2.17 bits per heavy atom. The Morgan fingerprint density at radius 2 is 1.83 bits per heavy atom. The van der Waals surface area contributed by atoms with Gasteiger partial charge in [0.2, 0.25) is 0 Å². The highest BCUT2D eigenvalue weighted by atomic mass is 16.6. The number of nitrogens with two attached hydrogens (primary N) is 1. The molecule has 2 unspecified atom stereocenters. The minimum Gasteiger partial charge on any atom is -0.401 e. The van der Waals surface area contributed by atoms with E-state index in [2.05, 4.69) is 5.32 Å². The van der Waals surface area contributed by atoms with Crippen LogP contribution in [-0.4, -0.2) is 45.8 Å². The van der Waals surface area contributed by atoms with Crippen molar-refractivity contribution in [2.45, 2.75) is 52.4 Å². The maximum absolute atomic E-state index is 8.90. The maximum Gasteiger partial charge on any atom is 0.197 e. The summed E-state index contributed by atoms with van der Waals surface area (Å²) in [5.41, 5.74) is 6.16. The molecule has 0 aliphatic carbocycles. The quantitative estimate of drug-likeness (QED) is 0.332. The topological polar surface area (TPSA) is 128 Å². The van der Waals surface area contributed by atoms with Crippen molar-refractivity contribution in [3.05, 3.63) is 11.9 Å². The Labute approximate surface area is 108 Å². The second kappa shape index (κ2) is 12.6. The molecule has 7 nitrogen and oxygen atoms in total. The minimum absolute atomic E-state index is 0.250. The highest BCUT2D eigenvalue weighted by molar-refractivity contribution is 4.94. The Kier molecular flexibility index (Phi) is 13.6. The summed E-state index contributed by atoms with van der Waals surface area (Å²) in [6, 6.07) is 0. The van der Waals surface area contributed by atoms with Crippen molar-refractivity contribution in [1.82, 2.24) is 5.32 Å². The Morgan fingerprint density at radius 1 is 1.33 bits per heavy atom. The van der Waals surface area contributed by atoms with Gasteiger partial charge in [-0.05, 0) is 20.3 Å². The second-order valence-electron chi connectivity index (χ2n) is 3.52. The van der Waals surface area contributed by atoms with Gasteiger partial charge in [-0.2, -0.15) is 0 Å². The molecular weight excluding hydrogens is 240 g/mol. The van der Waals surface area contributed by atoms with Crippen molar-refractivity contribution in [2.24, 2.45) is 5.73 Å². The van der Waals surface area contributed by atoms with E-state index >= 15 is 0 Å². The van der Waals surface area contributed by atoms with Gasteiger partial charge in [0.15, 0.2) is 18.8 Å². The van der Waals surface area contributed by atoms with Gasteiger partial charge in [0, 0.05) is 18.5 Å². The van der Waals surface area contributed by atoms with Gasteiger partial charge in [0.1, 0.15) is 0 Å². The third-order valence-corrected chi connectivity index (χ3v) is 1.59. The van der Waals surface area contributed by atoms with E-state index < -0.39 is 18.8 Å². The minimum atomic E-state index is -1.73.